The smallest absolute Gasteiger partial charge is 0.308 e. The molecule has 1 heterocycles. The first-order chi connectivity index (χ1) is 9.97. The van der Waals surface area contributed by atoms with Crippen LogP contribution in [0.4, 0.5) is 0 Å². The summed E-state index contributed by atoms with van der Waals surface area (Å²) in [6.07, 6.45) is 2.39. The lowest BCUT2D eigenvalue weighted by Gasteiger charge is -2.17. The number of hydrogen-bond acceptors (Lipinski definition) is 4. The van der Waals surface area contributed by atoms with Gasteiger partial charge >= 0.3 is 5.97 Å². The summed E-state index contributed by atoms with van der Waals surface area (Å²) >= 11 is 1.43. The number of amides is 1. The average Bonchev–Trinajstić information content (AvgIpc) is 3.05. The fraction of sp³-hybridized carbons (Fsp3) is 0.533. The summed E-state index contributed by atoms with van der Waals surface area (Å²) in [5.41, 5.74) is 0. The van der Waals surface area contributed by atoms with Crippen molar-refractivity contribution in [3.05, 3.63) is 21.9 Å². The molecule has 0 spiro atoms. The van der Waals surface area contributed by atoms with Gasteiger partial charge in [-0.1, -0.05) is 6.42 Å². The summed E-state index contributed by atoms with van der Waals surface area (Å²) in [6.45, 7) is 1.93. The first-order valence-electron chi connectivity index (χ1n) is 7.09. The summed E-state index contributed by atoms with van der Waals surface area (Å²) in [5.74, 6) is -1.63. The highest BCUT2D eigenvalue weighted by Gasteiger charge is 2.33. The van der Waals surface area contributed by atoms with Crippen LogP contribution < -0.4 is 5.32 Å². The van der Waals surface area contributed by atoms with Gasteiger partial charge in [0.05, 0.1) is 10.8 Å². The van der Waals surface area contributed by atoms with Crippen molar-refractivity contribution in [3.63, 3.8) is 0 Å². The van der Waals surface area contributed by atoms with E-state index >= 15 is 0 Å². The zero-order chi connectivity index (χ0) is 15.4. The van der Waals surface area contributed by atoms with Crippen molar-refractivity contribution < 1.29 is 19.5 Å². The Labute approximate surface area is 127 Å². The van der Waals surface area contributed by atoms with Crippen molar-refractivity contribution in [3.8, 4) is 0 Å². The highest BCUT2D eigenvalue weighted by atomic mass is 32.1. The highest BCUT2D eigenvalue weighted by molar-refractivity contribution is 7.14. The van der Waals surface area contributed by atoms with Gasteiger partial charge in [0.1, 0.15) is 0 Å². The first-order valence-corrected chi connectivity index (χ1v) is 7.91. The number of aryl methyl sites for hydroxylation is 1. The predicted molar refractivity (Wildman–Crippen MR) is 79.5 cm³/mol. The van der Waals surface area contributed by atoms with E-state index in [9.17, 15) is 14.4 Å². The maximum atomic E-state index is 11.9. The SMILES string of the molecule is Cc1ccc(C(=O)CCC(=O)NC2CCCC2C(=O)O)s1. The van der Waals surface area contributed by atoms with Gasteiger partial charge in [0.2, 0.25) is 5.91 Å². The van der Waals surface area contributed by atoms with Gasteiger partial charge < -0.3 is 10.4 Å². The molecule has 0 radical (unpaired) electrons. The number of thiophene rings is 1. The largest absolute Gasteiger partial charge is 0.481 e. The number of carbonyl (C=O) groups excluding carboxylic acids is 2. The van der Waals surface area contributed by atoms with Gasteiger partial charge in [-0.15, -0.1) is 11.3 Å². The molecule has 2 rings (SSSR count). The van der Waals surface area contributed by atoms with Crippen LogP contribution in [0.1, 0.15) is 46.7 Å². The highest BCUT2D eigenvalue weighted by Crippen LogP contribution is 2.26. The molecule has 2 unspecified atom stereocenters. The topological polar surface area (TPSA) is 83.5 Å². The van der Waals surface area contributed by atoms with Crippen LogP contribution in [0.25, 0.3) is 0 Å². The van der Waals surface area contributed by atoms with Crippen LogP contribution in [0, 0.1) is 12.8 Å². The van der Waals surface area contributed by atoms with Crippen LogP contribution in [0.2, 0.25) is 0 Å². The molecule has 1 aromatic rings. The van der Waals surface area contributed by atoms with Crippen molar-refractivity contribution in [2.75, 3.05) is 0 Å². The molecular weight excluding hydrogens is 290 g/mol. The average molecular weight is 309 g/mol. The Morgan fingerprint density at radius 2 is 2.05 bits per heavy atom. The van der Waals surface area contributed by atoms with Gasteiger partial charge in [0, 0.05) is 23.8 Å². The Kier molecular flexibility index (Phi) is 5.12. The van der Waals surface area contributed by atoms with E-state index in [0.29, 0.717) is 17.7 Å². The quantitative estimate of drug-likeness (QED) is 0.790. The Hall–Kier alpha value is -1.69. The van der Waals surface area contributed by atoms with Crippen molar-refractivity contribution in [1.29, 1.82) is 0 Å². The molecule has 1 aliphatic carbocycles. The Bertz CT molecular complexity index is 552. The van der Waals surface area contributed by atoms with E-state index in [2.05, 4.69) is 5.32 Å². The number of rotatable bonds is 6. The standard InChI is InChI=1S/C15H19NO4S/c1-9-5-7-13(21-9)12(17)6-8-14(18)16-11-4-2-3-10(11)15(19)20/h5,7,10-11H,2-4,6,8H2,1H3,(H,16,18)(H,19,20). The van der Waals surface area contributed by atoms with Crippen molar-refractivity contribution in [2.45, 2.75) is 45.1 Å². The van der Waals surface area contributed by atoms with Crippen LogP contribution in [-0.4, -0.2) is 28.8 Å². The Morgan fingerprint density at radius 1 is 1.29 bits per heavy atom. The molecule has 1 aliphatic rings. The van der Waals surface area contributed by atoms with Gasteiger partial charge in [-0.25, -0.2) is 0 Å². The summed E-state index contributed by atoms with van der Waals surface area (Å²) in [7, 11) is 0. The molecule has 0 bridgehead atoms. The maximum Gasteiger partial charge on any atom is 0.308 e. The molecule has 0 saturated heterocycles. The van der Waals surface area contributed by atoms with Crippen LogP contribution >= 0.6 is 11.3 Å². The molecule has 5 nitrogen and oxygen atoms in total. The van der Waals surface area contributed by atoms with Gasteiger partial charge in [0.25, 0.3) is 0 Å². The molecule has 114 valence electrons. The van der Waals surface area contributed by atoms with Crippen LogP contribution in [0.3, 0.4) is 0 Å². The van der Waals surface area contributed by atoms with Gasteiger partial charge in [-0.05, 0) is 31.9 Å². The molecule has 1 amide bonds. The summed E-state index contributed by atoms with van der Waals surface area (Å²) in [5, 5.41) is 11.8. The van der Waals surface area contributed by atoms with Crippen LogP contribution in [0.15, 0.2) is 12.1 Å². The minimum absolute atomic E-state index is 0.0375. The second kappa shape index (κ2) is 6.85. The summed E-state index contributed by atoms with van der Waals surface area (Å²) in [4.78, 5) is 36.5. The molecule has 0 aromatic carbocycles. The maximum absolute atomic E-state index is 11.9. The lowest BCUT2D eigenvalue weighted by Crippen LogP contribution is -2.40. The van der Waals surface area contributed by atoms with E-state index in [1.807, 2.05) is 13.0 Å². The second-order valence-electron chi connectivity index (χ2n) is 5.38. The van der Waals surface area contributed by atoms with Gasteiger partial charge in [-0.3, -0.25) is 14.4 Å². The monoisotopic (exact) mass is 309 g/mol. The van der Waals surface area contributed by atoms with Crippen LogP contribution in [-0.2, 0) is 9.59 Å². The third-order valence-corrected chi connectivity index (χ3v) is 4.82. The molecule has 1 saturated carbocycles. The van der Waals surface area contributed by atoms with Gasteiger partial charge in [0.15, 0.2) is 5.78 Å². The molecule has 2 atom stereocenters. The number of nitrogens with one attached hydrogen (secondary N) is 1. The van der Waals surface area contributed by atoms with E-state index in [1.165, 1.54) is 11.3 Å². The van der Waals surface area contributed by atoms with E-state index in [1.54, 1.807) is 6.07 Å². The van der Waals surface area contributed by atoms with E-state index in [-0.39, 0.29) is 30.6 Å². The number of Topliss-reactive ketones (excluding diaryl/α,β-unsaturated/α-hetero) is 1. The fourth-order valence-corrected chi connectivity index (χ4v) is 3.48. The Morgan fingerprint density at radius 3 is 2.67 bits per heavy atom. The summed E-state index contributed by atoms with van der Waals surface area (Å²) in [6, 6.07) is 3.36. The minimum atomic E-state index is -0.858. The predicted octanol–water partition coefficient (Wildman–Crippen LogP) is 2.39. The van der Waals surface area contributed by atoms with Crippen molar-refractivity contribution in [1.82, 2.24) is 5.32 Å². The molecule has 0 aliphatic heterocycles. The second-order valence-corrected chi connectivity index (χ2v) is 6.67. The zero-order valence-corrected chi connectivity index (χ0v) is 12.7. The fourth-order valence-electron chi connectivity index (χ4n) is 2.64. The molecule has 1 aromatic heterocycles. The van der Waals surface area contributed by atoms with Gasteiger partial charge in [-0.2, -0.15) is 0 Å². The third-order valence-electron chi connectivity index (χ3n) is 3.77. The first kappa shape index (κ1) is 15.7. The number of aliphatic carboxylic acids is 1. The lowest BCUT2D eigenvalue weighted by atomic mass is 10.0. The third kappa shape index (κ3) is 4.14. The Balaban J connectivity index is 1.80. The van der Waals surface area contributed by atoms with Crippen LogP contribution in [0.5, 0.6) is 0 Å². The minimum Gasteiger partial charge on any atom is -0.481 e. The summed E-state index contributed by atoms with van der Waals surface area (Å²) < 4.78 is 0. The van der Waals surface area contributed by atoms with E-state index in [4.69, 9.17) is 5.11 Å². The number of carboxylic acid groups (broad SMARTS) is 1. The van der Waals surface area contributed by atoms with Crippen molar-refractivity contribution >= 4 is 29.0 Å². The molecular formula is C15H19NO4S. The molecule has 6 heteroatoms. The zero-order valence-electron chi connectivity index (χ0n) is 11.9. The molecule has 21 heavy (non-hydrogen) atoms. The lowest BCUT2D eigenvalue weighted by molar-refractivity contribution is -0.142. The number of hydrogen-bond donors (Lipinski definition) is 2. The normalized spacial score (nSPS) is 21.2. The number of ketones is 1. The van der Waals surface area contributed by atoms with Crippen molar-refractivity contribution in [2.24, 2.45) is 5.92 Å². The number of carboxylic acids is 1. The number of carbonyl (C=O) groups is 3. The molecule has 2 N–H and O–H groups in total. The van der Waals surface area contributed by atoms with E-state index in [0.717, 1.165) is 11.3 Å². The molecule has 1 fully saturated rings. The van der Waals surface area contributed by atoms with E-state index < -0.39 is 11.9 Å².